The van der Waals surface area contributed by atoms with Crippen LogP contribution in [0, 0.1) is 0 Å². The van der Waals surface area contributed by atoms with Crippen molar-refractivity contribution in [1.82, 2.24) is 0 Å². The molecular formula is C24H26O7. The van der Waals surface area contributed by atoms with Gasteiger partial charge >= 0.3 is 11.9 Å². The van der Waals surface area contributed by atoms with Gasteiger partial charge in [-0.2, -0.15) is 0 Å². The van der Waals surface area contributed by atoms with Crippen LogP contribution in [0.2, 0.25) is 0 Å². The molecule has 0 aliphatic rings. The standard InChI is InChI=1S/C24H26O7/c1-3-9-17-11-5-7-13-19(17)23(29,15-25)21(27)31-22(28)24(30,16-26)20-14-8-6-12-18(20)10-4-2/h3-8,11-14,25-26,29-30H,1-2,9-10,15-16H2. The second-order valence-corrected chi connectivity index (χ2v) is 7.01. The second kappa shape index (κ2) is 10.3. The Morgan fingerprint density at radius 2 is 1.13 bits per heavy atom. The predicted octanol–water partition coefficient (Wildman–Crippen LogP) is 1.27. The van der Waals surface area contributed by atoms with E-state index in [0.29, 0.717) is 11.1 Å². The number of ether oxygens (including phenoxy) is 1. The molecule has 7 heteroatoms. The van der Waals surface area contributed by atoms with Crippen LogP contribution in [-0.4, -0.2) is 45.6 Å². The number of hydrogen-bond donors (Lipinski definition) is 4. The first-order valence-electron chi connectivity index (χ1n) is 9.60. The Kier molecular flexibility index (Phi) is 8.01. The molecule has 7 nitrogen and oxygen atoms in total. The third-order valence-electron chi connectivity index (χ3n) is 4.97. The number of esters is 2. The molecule has 2 aromatic carbocycles. The lowest BCUT2D eigenvalue weighted by Crippen LogP contribution is -2.48. The summed E-state index contributed by atoms with van der Waals surface area (Å²) in [7, 11) is 0. The molecule has 0 radical (unpaired) electrons. The van der Waals surface area contributed by atoms with E-state index < -0.39 is 36.4 Å². The van der Waals surface area contributed by atoms with Gasteiger partial charge in [-0.05, 0) is 24.0 Å². The third kappa shape index (κ3) is 4.81. The summed E-state index contributed by atoms with van der Waals surface area (Å²) in [6, 6.07) is 12.5. The van der Waals surface area contributed by atoms with Crippen molar-refractivity contribution in [3.8, 4) is 0 Å². The average Bonchev–Trinajstić information content (AvgIpc) is 2.79. The van der Waals surface area contributed by atoms with Gasteiger partial charge in [-0.3, -0.25) is 0 Å². The Labute approximate surface area is 180 Å². The molecule has 0 spiro atoms. The number of benzene rings is 2. The zero-order chi connectivity index (χ0) is 23.1. The highest BCUT2D eigenvalue weighted by Gasteiger charge is 2.47. The van der Waals surface area contributed by atoms with E-state index in [1.54, 1.807) is 48.6 Å². The molecule has 2 rings (SSSR count). The van der Waals surface area contributed by atoms with E-state index in [9.17, 15) is 30.0 Å². The van der Waals surface area contributed by atoms with E-state index in [4.69, 9.17) is 4.74 Å². The average molecular weight is 426 g/mol. The van der Waals surface area contributed by atoms with E-state index >= 15 is 0 Å². The van der Waals surface area contributed by atoms with Crippen molar-refractivity contribution in [3.05, 3.63) is 96.1 Å². The summed E-state index contributed by atoms with van der Waals surface area (Å²) in [6.45, 7) is 5.09. The molecule has 2 aromatic rings. The van der Waals surface area contributed by atoms with Crippen molar-refractivity contribution in [1.29, 1.82) is 0 Å². The molecule has 0 aliphatic heterocycles. The first-order valence-corrected chi connectivity index (χ1v) is 9.60. The number of rotatable bonds is 10. The maximum absolute atomic E-state index is 12.8. The Balaban J connectivity index is 2.42. The summed E-state index contributed by atoms with van der Waals surface area (Å²) in [6.07, 6.45) is 3.67. The number of aliphatic hydroxyl groups is 4. The zero-order valence-corrected chi connectivity index (χ0v) is 17.0. The SMILES string of the molecule is C=CCc1ccccc1C(O)(CO)C(=O)OC(=O)C(O)(CO)c1ccccc1CC=C. The number of aliphatic hydroxyl groups excluding tert-OH is 2. The number of carbonyl (C=O) groups excluding carboxylic acids is 2. The van der Waals surface area contributed by atoms with Crippen LogP contribution >= 0.6 is 0 Å². The van der Waals surface area contributed by atoms with Crippen LogP contribution in [0.4, 0.5) is 0 Å². The minimum absolute atomic E-state index is 0.0368. The molecule has 0 saturated carbocycles. The molecule has 0 amide bonds. The topological polar surface area (TPSA) is 124 Å². The Bertz CT molecular complexity index is 890. The molecule has 0 saturated heterocycles. The maximum Gasteiger partial charge on any atom is 0.353 e. The molecule has 0 heterocycles. The van der Waals surface area contributed by atoms with Gasteiger partial charge in [-0.15, -0.1) is 13.2 Å². The van der Waals surface area contributed by atoms with E-state index in [0.717, 1.165) is 0 Å². The largest absolute Gasteiger partial charge is 0.392 e. The van der Waals surface area contributed by atoms with Crippen molar-refractivity contribution in [2.75, 3.05) is 13.2 Å². The van der Waals surface area contributed by atoms with E-state index in [1.807, 2.05) is 0 Å². The zero-order valence-electron chi connectivity index (χ0n) is 17.0. The predicted molar refractivity (Wildman–Crippen MR) is 114 cm³/mol. The smallest absolute Gasteiger partial charge is 0.353 e. The Hall–Kier alpha value is -3.10. The van der Waals surface area contributed by atoms with Crippen LogP contribution in [0.1, 0.15) is 22.3 Å². The Morgan fingerprint density at radius 3 is 1.45 bits per heavy atom. The molecule has 0 bridgehead atoms. The van der Waals surface area contributed by atoms with Crippen LogP contribution in [0.15, 0.2) is 73.8 Å². The molecule has 2 unspecified atom stereocenters. The maximum atomic E-state index is 12.8. The quantitative estimate of drug-likeness (QED) is 0.256. The lowest BCUT2D eigenvalue weighted by atomic mass is 9.88. The van der Waals surface area contributed by atoms with Crippen molar-refractivity contribution in [2.24, 2.45) is 0 Å². The summed E-state index contributed by atoms with van der Waals surface area (Å²) in [5.74, 6) is -2.96. The van der Waals surface area contributed by atoms with Crippen molar-refractivity contribution in [3.63, 3.8) is 0 Å². The van der Waals surface area contributed by atoms with Crippen molar-refractivity contribution in [2.45, 2.75) is 24.0 Å². The normalized spacial score (nSPS) is 14.7. The fourth-order valence-electron chi connectivity index (χ4n) is 3.29. The van der Waals surface area contributed by atoms with Crippen molar-refractivity contribution < 1.29 is 34.8 Å². The van der Waals surface area contributed by atoms with Gasteiger partial charge in [0.05, 0.1) is 13.2 Å². The molecular weight excluding hydrogens is 400 g/mol. The second-order valence-electron chi connectivity index (χ2n) is 7.01. The number of carbonyl (C=O) groups is 2. The monoisotopic (exact) mass is 426 g/mol. The van der Waals surface area contributed by atoms with Gasteiger partial charge in [0.1, 0.15) is 0 Å². The lowest BCUT2D eigenvalue weighted by Gasteiger charge is -2.29. The minimum atomic E-state index is -2.56. The highest BCUT2D eigenvalue weighted by atomic mass is 16.6. The summed E-state index contributed by atoms with van der Waals surface area (Å²) < 4.78 is 4.79. The number of allylic oxidation sites excluding steroid dienone is 2. The van der Waals surface area contributed by atoms with Gasteiger partial charge < -0.3 is 25.2 Å². The molecule has 0 aliphatic carbocycles. The van der Waals surface area contributed by atoms with Crippen LogP contribution < -0.4 is 0 Å². The summed E-state index contributed by atoms with van der Waals surface area (Å²) in [4.78, 5) is 25.6. The molecule has 164 valence electrons. The fraction of sp³-hybridized carbons (Fsp3) is 0.250. The molecule has 31 heavy (non-hydrogen) atoms. The lowest BCUT2D eigenvalue weighted by molar-refractivity contribution is -0.191. The highest BCUT2D eigenvalue weighted by molar-refractivity contribution is 5.95. The Morgan fingerprint density at radius 1 is 0.774 bits per heavy atom. The molecule has 2 atom stereocenters. The first kappa shape index (κ1) is 24.2. The summed E-state index contributed by atoms with van der Waals surface area (Å²) >= 11 is 0. The van der Waals surface area contributed by atoms with Crippen LogP contribution in [0.25, 0.3) is 0 Å². The van der Waals surface area contributed by atoms with Gasteiger partial charge in [-0.25, -0.2) is 9.59 Å². The van der Waals surface area contributed by atoms with E-state index in [1.165, 1.54) is 12.1 Å². The van der Waals surface area contributed by atoms with E-state index in [2.05, 4.69) is 13.2 Å². The summed E-state index contributed by atoms with van der Waals surface area (Å²) in [5, 5.41) is 41.4. The van der Waals surface area contributed by atoms with Gasteiger partial charge in [0.25, 0.3) is 0 Å². The minimum Gasteiger partial charge on any atom is -0.392 e. The molecule has 4 N–H and O–H groups in total. The van der Waals surface area contributed by atoms with Gasteiger partial charge in [-0.1, -0.05) is 60.7 Å². The number of hydrogen-bond acceptors (Lipinski definition) is 7. The highest BCUT2D eigenvalue weighted by Crippen LogP contribution is 2.30. The molecule has 0 fully saturated rings. The van der Waals surface area contributed by atoms with Crippen LogP contribution in [0.3, 0.4) is 0 Å². The first-order chi connectivity index (χ1) is 14.8. The van der Waals surface area contributed by atoms with Gasteiger partial charge in [0, 0.05) is 11.1 Å². The molecule has 0 aromatic heterocycles. The van der Waals surface area contributed by atoms with Crippen LogP contribution in [0.5, 0.6) is 0 Å². The van der Waals surface area contributed by atoms with Crippen molar-refractivity contribution >= 4 is 11.9 Å². The van der Waals surface area contributed by atoms with Crippen LogP contribution in [-0.2, 0) is 38.4 Å². The van der Waals surface area contributed by atoms with Gasteiger partial charge in [0.2, 0.25) is 11.2 Å². The van der Waals surface area contributed by atoms with Gasteiger partial charge in [0.15, 0.2) is 0 Å². The third-order valence-corrected chi connectivity index (χ3v) is 4.97. The fourth-order valence-corrected chi connectivity index (χ4v) is 3.29. The van der Waals surface area contributed by atoms with E-state index in [-0.39, 0.29) is 24.0 Å². The summed E-state index contributed by atoms with van der Waals surface area (Å²) in [5.41, 5.74) is -4.07.